The lowest BCUT2D eigenvalue weighted by molar-refractivity contribution is 0.402. The number of ether oxygens (including phenoxy) is 1. The van der Waals surface area contributed by atoms with E-state index in [1.54, 1.807) is 18.2 Å². The maximum atomic E-state index is 11.2. The molecule has 0 radical (unpaired) electrons. The van der Waals surface area contributed by atoms with Gasteiger partial charge in [0.15, 0.2) is 0 Å². The molecule has 1 aromatic carbocycles. The lowest BCUT2D eigenvalue weighted by atomic mass is 10.3. The fourth-order valence-electron chi connectivity index (χ4n) is 1.62. The summed E-state index contributed by atoms with van der Waals surface area (Å²) in [5.41, 5.74) is 1.27. The van der Waals surface area contributed by atoms with Gasteiger partial charge >= 0.3 is 0 Å². The molecule has 0 unspecified atom stereocenters. The molecule has 0 fully saturated rings. The summed E-state index contributed by atoms with van der Waals surface area (Å²) < 4.78 is 33.9. The quantitative estimate of drug-likeness (QED) is 0.839. The van der Waals surface area contributed by atoms with Crippen LogP contribution in [0.3, 0.4) is 0 Å². The van der Waals surface area contributed by atoms with Crippen molar-refractivity contribution in [2.45, 2.75) is 6.54 Å². The average molecular weight is 348 g/mol. The zero-order valence-corrected chi connectivity index (χ0v) is 13.8. The molecular formula is C12H14ClN3O3S2. The monoisotopic (exact) mass is 347 g/mol. The minimum absolute atomic E-state index is 0.408. The van der Waals surface area contributed by atoms with Crippen molar-refractivity contribution in [3.05, 3.63) is 34.2 Å². The lowest BCUT2D eigenvalue weighted by Crippen LogP contribution is -2.09. The molecule has 0 saturated heterocycles. The topological polar surface area (TPSA) is 80.3 Å². The van der Waals surface area contributed by atoms with Gasteiger partial charge in [-0.2, -0.15) is 4.37 Å². The molecule has 1 aromatic heterocycles. The minimum Gasteiger partial charge on any atom is -0.479 e. The number of methoxy groups -OCH3 is 1. The third kappa shape index (κ3) is 4.48. The van der Waals surface area contributed by atoms with E-state index in [0.717, 1.165) is 16.8 Å². The molecule has 1 heterocycles. The summed E-state index contributed by atoms with van der Waals surface area (Å²) in [6.07, 6.45) is 1.11. The van der Waals surface area contributed by atoms with Crippen LogP contribution < -0.4 is 14.8 Å². The highest BCUT2D eigenvalue weighted by Crippen LogP contribution is 2.31. The molecule has 0 bridgehead atoms. The number of hydrogen-bond donors (Lipinski definition) is 2. The molecule has 2 aromatic rings. The van der Waals surface area contributed by atoms with E-state index in [4.69, 9.17) is 16.3 Å². The summed E-state index contributed by atoms with van der Waals surface area (Å²) >= 11 is 7.35. The van der Waals surface area contributed by atoms with E-state index in [-0.39, 0.29) is 0 Å². The van der Waals surface area contributed by atoms with Crippen molar-refractivity contribution in [2.75, 3.05) is 23.4 Å². The van der Waals surface area contributed by atoms with Crippen LogP contribution in [0.1, 0.15) is 4.88 Å². The van der Waals surface area contributed by atoms with Crippen molar-refractivity contribution in [3.63, 3.8) is 0 Å². The molecule has 9 heteroatoms. The van der Waals surface area contributed by atoms with Gasteiger partial charge in [0.1, 0.15) is 5.02 Å². The van der Waals surface area contributed by atoms with Crippen molar-refractivity contribution in [1.29, 1.82) is 0 Å². The molecular weight excluding hydrogens is 334 g/mol. The number of rotatable bonds is 6. The smallest absolute Gasteiger partial charge is 0.244 e. The Kier molecular flexibility index (Phi) is 4.92. The van der Waals surface area contributed by atoms with Crippen LogP contribution >= 0.6 is 23.1 Å². The Morgan fingerprint density at radius 2 is 2.10 bits per heavy atom. The number of hydrogen-bond acceptors (Lipinski definition) is 6. The Morgan fingerprint density at radius 3 is 2.71 bits per heavy atom. The normalized spacial score (nSPS) is 11.2. The molecule has 0 amide bonds. The number of nitrogens with zero attached hydrogens (tertiary/aromatic N) is 1. The van der Waals surface area contributed by atoms with Crippen LogP contribution in [0.4, 0.5) is 11.4 Å². The highest BCUT2D eigenvalue weighted by atomic mass is 35.5. The summed E-state index contributed by atoms with van der Waals surface area (Å²) in [6, 6.07) is 6.96. The molecule has 21 heavy (non-hydrogen) atoms. The summed E-state index contributed by atoms with van der Waals surface area (Å²) in [7, 11) is -1.78. The third-order valence-electron chi connectivity index (χ3n) is 2.48. The molecule has 6 nitrogen and oxygen atoms in total. The molecule has 2 N–H and O–H groups in total. The Bertz CT molecular complexity index is 731. The Morgan fingerprint density at radius 1 is 1.38 bits per heavy atom. The first kappa shape index (κ1) is 15.9. The molecule has 0 spiro atoms. The van der Waals surface area contributed by atoms with Crippen molar-refractivity contribution in [2.24, 2.45) is 0 Å². The van der Waals surface area contributed by atoms with Crippen molar-refractivity contribution < 1.29 is 13.2 Å². The van der Waals surface area contributed by atoms with Gasteiger partial charge < -0.3 is 10.1 Å². The summed E-state index contributed by atoms with van der Waals surface area (Å²) in [6.45, 7) is 0.474. The van der Waals surface area contributed by atoms with E-state index >= 15 is 0 Å². The predicted octanol–water partition coefficient (Wildman–Crippen LogP) is 2.79. The largest absolute Gasteiger partial charge is 0.479 e. The van der Waals surface area contributed by atoms with E-state index < -0.39 is 10.0 Å². The molecule has 0 atom stereocenters. The van der Waals surface area contributed by atoms with Crippen LogP contribution in [0.5, 0.6) is 5.88 Å². The molecule has 0 saturated carbocycles. The van der Waals surface area contributed by atoms with Gasteiger partial charge in [0.05, 0.1) is 30.5 Å². The molecule has 0 aliphatic carbocycles. The van der Waals surface area contributed by atoms with E-state index in [1.165, 1.54) is 18.6 Å². The molecule has 114 valence electrons. The van der Waals surface area contributed by atoms with E-state index in [1.807, 2.05) is 6.07 Å². The number of sulfonamides is 1. The first-order chi connectivity index (χ1) is 9.89. The van der Waals surface area contributed by atoms with Gasteiger partial charge in [0, 0.05) is 5.69 Å². The van der Waals surface area contributed by atoms with Crippen molar-refractivity contribution in [3.8, 4) is 5.88 Å². The van der Waals surface area contributed by atoms with Crippen LogP contribution in [-0.4, -0.2) is 26.2 Å². The van der Waals surface area contributed by atoms with Gasteiger partial charge in [-0.1, -0.05) is 17.7 Å². The molecule has 0 aliphatic rings. The minimum atomic E-state index is -3.29. The van der Waals surface area contributed by atoms with Crippen LogP contribution in [0, 0.1) is 0 Å². The average Bonchev–Trinajstić information content (AvgIpc) is 2.75. The summed E-state index contributed by atoms with van der Waals surface area (Å²) in [5.74, 6) is 0.408. The Hall–Kier alpha value is -1.51. The zero-order valence-electron chi connectivity index (χ0n) is 11.4. The lowest BCUT2D eigenvalue weighted by Gasteiger charge is -2.08. The van der Waals surface area contributed by atoms with Crippen molar-refractivity contribution in [1.82, 2.24) is 4.37 Å². The van der Waals surface area contributed by atoms with Gasteiger partial charge in [-0.05, 0) is 29.7 Å². The summed E-state index contributed by atoms with van der Waals surface area (Å²) in [4.78, 5) is 0.843. The number of aromatic nitrogens is 1. The number of nitrogens with one attached hydrogen (secondary N) is 2. The third-order valence-corrected chi connectivity index (χ3v) is 4.42. The predicted molar refractivity (Wildman–Crippen MR) is 85.9 cm³/mol. The first-order valence-corrected chi connectivity index (χ1v) is 8.93. The second kappa shape index (κ2) is 6.50. The zero-order chi connectivity index (χ0) is 15.5. The standard InChI is InChI=1S/C12H14ClN3O3S2/c1-19-12-11(13)10(20-15-12)7-14-8-4-3-5-9(6-8)16-21(2,17)18/h3-6,14,16H,7H2,1-2H3. The first-order valence-electron chi connectivity index (χ1n) is 5.89. The van der Waals surface area contributed by atoms with Gasteiger partial charge in [-0.3, -0.25) is 4.72 Å². The van der Waals surface area contributed by atoms with Gasteiger partial charge in [0.2, 0.25) is 15.9 Å². The Balaban J connectivity index is 2.06. The maximum Gasteiger partial charge on any atom is 0.244 e. The highest BCUT2D eigenvalue weighted by molar-refractivity contribution is 7.92. The second-order valence-corrected chi connectivity index (χ2v) is 7.22. The number of benzene rings is 1. The maximum absolute atomic E-state index is 11.2. The second-order valence-electron chi connectivity index (χ2n) is 4.24. The number of halogens is 1. The fraction of sp³-hybridized carbons (Fsp3) is 0.250. The Labute approximate surface area is 132 Å². The van der Waals surface area contributed by atoms with Crippen LogP contribution in [-0.2, 0) is 16.6 Å². The highest BCUT2D eigenvalue weighted by Gasteiger charge is 2.11. The molecule has 2 rings (SSSR count). The fourth-order valence-corrected chi connectivity index (χ4v) is 3.18. The number of anilines is 2. The van der Waals surface area contributed by atoms with E-state index in [9.17, 15) is 8.42 Å². The SMILES string of the molecule is COc1nsc(CNc2cccc(NS(C)(=O)=O)c2)c1Cl. The van der Waals surface area contributed by atoms with Crippen LogP contribution in [0.15, 0.2) is 24.3 Å². The van der Waals surface area contributed by atoms with Gasteiger partial charge in [-0.15, -0.1) is 0 Å². The van der Waals surface area contributed by atoms with Crippen LogP contribution in [0.2, 0.25) is 5.02 Å². The van der Waals surface area contributed by atoms with E-state index in [2.05, 4.69) is 14.4 Å². The van der Waals surface area contributed by atoms with Crippen LogP contribution in [0.25, 0.3) is 0 Å². The van der Waals surface area contributed by atoms with Gasteiger partial charge in [-0.25, -0.2) is 8.42 Å². The van der Waals surface area contributed by atoms with Gasteiger partial charge in [0.25, 0.3) is 0 Å². The van der Waals surface area contributed by atoms with Crippen molar-refractivity contribution >= 4 is 44.5 Å². The molecule has 0 aliphatic heterocycles. The van der Waals surface area contributed by atoms with E-state index in [0.29, 0.717) is 23.1 Å². The summed E-state index contributed by atoms with van der Waals surface area (Å²) in [5, 5.41) is 3.65.